The summed E-state index contributed by atoms with van der Waals surface area (Å²) >= 11 is 0. The van der Waals surface area contributed by atoms with Crippen LogP contribution in [0.4, 0.5) is 0 Å². The van der Waals surface area contributed by atoms with Crippen molar-refractivity contribution in [3.8, 4) is 5.75 Å². The molecule has 2 aromatic rings. The molecule has 2 rings (SSSR count). The van der Waals surface area contributed by atoms with Gasteiger partial charge < -0.3 is 10.1 Å². The molecule has 0 aliphatic heterocycles. The lowest BCUT2D eigenvalue weighted by Crippen LogP contribution is -2.36. The van der Waals surface area contributed by atoms with Crippen LogP contribution in [-0.2, 0) is 21.4 Å². The second-order valence-electron chi connectivity index (χ2n) is 5.69. The van der Waals surface area contributed by atoms with Crippen molar-refractivity contribution in [2.24, 2.45) is 0 Å². The van der Waals surface area contributed by atoms with E-state index in [2.05, 4.69) is 5.32 Å². The van der Waals surface area contributed by atoms with Gasteiger partial charge in [-0.2, -0.15) is 0 Å². The number of amides is 1. The molecule has 0 saturated carbocycles. The molecule has 6 nitrogen and oxygen atoms in total. The molecule has 25 heavy (non-hydrogen) atoms. The second kappa shape index (κ2) is 8.13. The summed E-state index contributed by atoms with van der Waals surface area (Å²) in [5.74, 6) is 0.279. The minimum atomic E-state index is -3.57. The smallest absolute Gasteiger partial charge is 0.261 e. The molecule has 1 amide bonds. The van der Waals surface area contributed by atoms with Crippen molar-refractivity contribution < 1.29 is 17.9 Å². The Morgan fingerprint density at radius 1 is 1.08 bits per heavy atom. The van der Waals surface area contributed by atoms with Crippen molar-refractivity contribution in [3.63, 3.8) is 0 Å². The van der Waals surface area contributed by atoms with Gasteiger partial charge in [-0.15, -0.1) is 0 Å². The average Bonchev–Trinajstić information content (AvgIpc) is 2.60. The predicted molar refractivity (Wildman–Crippen MR) is 95.7 cm³/mol. The number of sulfonamides is 1. The van der Waals surface area contributed by atoms with Crippen molar-refractivity contribution in [1.82, 2.24) is 9.62 Å². The minimum absolute atomic E-state index is 0.102. The lowest BCUT2D eigenvalue weighted by Gasteiger charge is -2.17. The van der Waals surface area contributed by atoms with Crippen LogP contribution in [0.25, 0.3) is 0 Å². The van der Waals surface area contributed by atoms with Crippen LogP contribution in [0.2, 0.25) is 0 Å². The van der Waals surface area contributed by atoms with Crippen LogP contribution in [0.5, 0.6) is 5.75 Å². The molecule has 0 aromatic heterocycles. The van der Waals surface area contributed by atoms with Crippen LogP contribution >= 0.6 is 0 Å². The zero-order valence-corrected chi connectivity index (χ0v) is 15.3. The summed E-state index contributed by atoms with van der Waals surface area (Å²) in [5, 5.41) is 2.72. The van der Waals surface area contributed by atoms with Gasteiger partial charge >= 0.3 is 0 Å². The summed E-state index contributed by atoms with van der Waals surface area (Å²) in [5.41, 5.74) is 0.525. The molecule has 0 spiro atoms. The van der Waals surface area contributed by atoms with Gasteiger partial charge in [-0.1, -0.05) is 36.4 Å². The van der Waals surface area contributed by atoms with Crippen LogP contribution in [0, 0.1) is 0 Å². The number of rotatable bonds is 7. The highest BCUT2D eigenvalue weighted by Crippen LogP contribution is 2.18. The first kappa shape index (κ1) is 19.0. The van der Waals surface area contributed by atoms with Crippen LogP contribution in [-0.4, -0.2) is 38.8 Å². The van der Waals surface area contributed by atoms with Crippen LogP contribution in [0.1, 0.15) is 12.5 Å². The van der Waals surface area contributed by atoms with Gasteiger partial charge in [-0.05, 0) is 30.7 Å². The van der Waals surface area contributed by atoms with Crippen molar-refractivity contribution in [1.29, 1.82) is 0 Å². The molecular weight excluding hydrogens is 340 g/mol. The van der Waals surface area contributed by atoms with E-state index in [0.717, 1.165) is 4.31 Å². The molecule has 2 aromatic carbocycles. The molecule has 0 bridgehead atoms. The first-order chi connectivity index (χ1) is 11.8. The van der Waals surface area contributed by atoms with Gasteiger partial charge in [0, 0.05) is 20.6 Å². The summed E-state index contributed by atoms with van der Waals surface area (Å²) < 4.78 is 31.4. The number of carbonyl (C=O) groups excluding carboxylic acids is 1. The van der Waals surface area contributed by atoms with E-state index in [1.54, 1.807) is 37.3 Å². The lowest BCUT2D eigenvalue weighted by molar-refractivity contribution is -0.127. The van der Waals surface area contributed by atoms with E-state index >= 15 is 0 Å². The average molecular weight is 362 g/mol. The third-order valence-electron chi connectivity index (χ3n) is 3.61. The molecule has 134 valence electrons. The number of para-hydroxylation sites is 1. The normalized spacial score (nSPS) is 12.6. The first-order valence-corrected chi connectivity index (χ1v) is 9.26. The summed E-state index contributed by atoms with van der Waals surface area (Å²) in [4.78, 5) is 12.4. The Morgan fingerprint density at radius 2 is 1.68 bits per heavy atom. The van der Waals surface area contributed by atoms with Crippen LogP contribution in [0.15, 0.2) is 59.5 Å². The Balaban J connectivity index is 2.05. The lowest BCUT2D eigenvalue weighted by atomic mass is 10.2. The minimum Gasteiger partial charge on any atom is -0.481 e. The largest absolute Gasteiger partial charge is 0.481 e. The number of nitrogens with one attached hydrogen (secondary N) is 1. The Bertz CT molecular complexity index is 820. The quantitative estimate of drug-likeness (QED) is 0.818. The zero-order valence-electron chi connectivity index (χ0n) is 14.5. The molecule has 0 fully saturated rings. The molecule has 0 aliphatic rings. The van der Waals surface area contributed by atoms with E-state index in [-0.39, 0.29) is 17.3 Å². The molecular formula is C18H22N2O4S. The molecule has 0 heterocycles. The van der Waals surface area contributed by atoms with E-state index in [0.29, 0.717) is 11.3 Å². The van der Waals surface area contributed by atoms with Crippen LogP contribution < -0.4 is 10.1 Å². The maximum Gasteiger partial charge on any atom is 0.261 e. The number of ether oxygens (including phenoxy) is 1. The fourth-order valence-corrected chi connectivity index (χ4v) is 3.30. The topological polar surface area (TPSA) is 75.7 Å². The Labute approximate surface area is 148 Å². The third-order valence-corrected chi connectivity index (χ3v) is 5.53. The number of hydrogen-bond donors (Lipinski definition) is 1. The van der Waals surface area contributed by atoms with E-state index in [1.165, 1.54) is 20.2 Å². The Morgan fingerprint density at radius 3 is 2.32 bits per heavy atom. The van der Waals surface area contributed by atoms with E-state index in [1.807, 2.05) is 18.2 Å². The third kappa shape index (κ3) is 4.80. The first-order valence-electron chi connectivity index (χ1n) is 7.82. The second-order valence-corrected chi connectivity index (χ2v) is 7.81. The van der Waals surface area contributed by atoms with Gasteiger partial charge in [0.2, 0.25) is 10.0 Å². The number of nitrogens with zero attached hydrogens (tertiary/aromatic N) is 1. The van der Waals surface area contributed by atoms with E-state index in [4.69, 9.17) is 4.74 Å². The molecule has 1 atom stereocenters. The number of carbonyl (C=O) groups is 1. The molecule has 1 N–H and O–H groups in total. The van der Waals surface area contributed by atoms with Crippen molar-refractivity contribution in [3.05, 3.63) is 60.2 Å². The van der Waals surface area contributed by atoms with Gasteiger partial charge in [0.05, 0.1) is 4.90 Å². The van der Waals surface area contributed by atoms with Crippen LogP contribution in [0.3, 0.4) is 0 Å². The predicted octanol–water partition coefficient (Wildman–Crippen LogP) is 2.02. The SMILES string of the molecule is C[C@@H](Oc1ccccc1)C(=O)NCc1ccccc1S(=O)(=O)N(C)C. The number of benzene rings is 2. The fourth-order valence-electron chi connectivity index (χ4n) is 2.18. The monoisotopic (exact) mass is 362 g/mol. The summed E-state index contributed by atoms with van der Waals surface area (Å²) in [6.45, 7) is 1.75. The summed E-state index contributed by atoms with van der Waals surface area (Å²) in [7, 11) is -0.628. The van der Waals surface area contributed by atoms with Gasteiger partial charge in [-0.3, -0.25) is 4.79 Å². The molecule has 0 saturated heterocycles. The maximum atomic E-state index is 12.4. The molecule has 0 aliphatic carbocycles. The van der Waals surface area contributed by atoms with Gasteiger partial charge in [0.1, 0.15) is 5.75 Å². The maximum absolute atomic E-state index is 12.4. The number of hydrogen-bond acceptors (Lipinski definition) is 4. The van der Waals surface area contributed by atoms with Gasteiger partial charge in [0.15, 0.2) is 6.10 Å². The van der Waals surface area contributed by atoms with E-state index in [9.17, 15) is 13.2 Å². The summed E-state index contributed by atoms with van der Waals surface area (Å²) in [6, 6.07) is 15.6. The Hall–Kier alpha value is -2.38. The van der Waals surface area contributed by atoms with E-state index < -0.39 is 16.1 Å². The van der Waals surface area contributed by atoms with Crippen molar-refractivity contribution in [2.45, 2.75) is 24.5 Å². The highest BCUT2D eigenvalue weighted by Gasteiger charge is 2.21. The van der Waals surface area contributed by atoms with Gasteiger partial charge in [0.25, 0.3) is 5.91 Å². The fraction of sp³-hybridized carbons (Fsp3) is 0.278. The van der Waals surface area contributed by atoms with Gasteiger partial charge in [-0.25, -0.2) is 12.7 Å². The molecule has 7 heteroatoms. The zero-order chi connectivity index (χ0) is 18.4. The highest BCUT2D eigenvalue weighted by molar-refractivity contribution is 7.89. The summed E-state index contributed by atoms with van der Waals surface area (Å²) in [6.07, 6.45) is -0.694. The Kier molecular flexibility index (Phi) is 6.17. The standard InChI is InChI=1S/C18H22N2O4S/c1-14(24-16-10-5-4-6-11-16)18(21)19-13-15-9-7-8-12-17(15)25(22,23)20(2)3/h4-12,14H,13H2,1-3H3,(H,19,21)/t14-/m1/s1. The highest BCUT2D eigenvalue weighted by atomic mass is 32.2. The molecule has 0 radical (unpaired) electrons. The molecule has 0 unspecified atom stereocenters. The van der Waals surface area contributed by atoms with Crippen molar-refractivity contribution in [2.75, 3.05) is 14.1 Å². The van der Waals surface area contributed by atoms with Crippen molar-refractivity contribution >= 4 is 15.9 Å².